The Morgan fingerprint density at radius 3 is 1.66 bits per heavy atom. The third kappa shape index (κ3) is 21.8. The summed E-state index contributed by atoms with van der Waals surface area (Å²) in [4.78, 5) is 99.9. The molecule has 0 saturated heterocycles. The smallest absolute Gasteiger partial charge is 0.245 e. The van der Waals surface area contributed by atoms with Gasteiger partial charge in [0.2, 0.25) is 41.4 Å². The standard InChI is InChI=1S/C32H62N12O9/c1-18(16-45)38-28(50)21(4)39-25(47)15-37-27(49)20(3)40-31(53)24(17-46)43-30(52)22(11-8-9-14-44(5,6)7)42-29(51)23(41-26(48)19(2)33)12-10-13-36-32(34)35/h16,18-24,32,36,46H,8-15,17,33-35H2,1-7H3,(H6-,37,38,39,40,41,42,43,47,48,49,50,51,52,53)/p+1/t18-,19-,20-,21-,22-,23-,24-/m0/s1. The minimum atomic E-state index is -1.53. The number of nitrogens with one attached hydrogen (secondary N) is 8. The van der Waals surface area contributed by atoms with Crippen LogP contribution in [0.4, 0.5) is 0 Å². The average molecular weight is 760 g/mol. The predicted molar refractivity (Wildman–Crippen MR) is 195 cm³/mol. The lowest BCUT2D eigenvalue weighted by atomic mass is 10.0. The van der Waals surface area contributed by atoms with Crippen LogP contribution in [0.2, 0.25) is 0 Å². The van der Waals surface area contributed by atoms with E-state index in [2.05, 4.69) is 42.5 Å². The summed E-state index contributed by atoms with van der Waals surface area (Å²) in [5.74, 6) is -5.09. The quantitative estimate of drug-likeness (QED) is 0.0169. The van der Waals surface area contributed by atoms with Crippen molar-refractivity contribution in [1.82, 2.24) is 42.5 Å². The molecule has 0 radical (unpaired) electrons. The van der Waals surface area contributed by atoms with Crippen LogP contribution in [0.5, 0.6) is 0 Å². The van der Waals surface area contributed by atoms with Crippen molar-refractivity contribution in [2.24, 2.45) is 17.2 Å². The maximum absolute atomic E-state index is 13.5. The van der Waals surface area contributed by atoms with Crippen LogP contribution in [0.1, 0.15) is 59.8 Å². The van der Waals surface area contributed by atoms with Crippen LogP contribution < -0.4 is 59.7 Å². The van der Waals surface area contributed by atoms with Gasteiger partial charge in [-0.05, 0) is 66.3 Å². The van der Waals surface area contributed by atoms with E-state index >= 15 is 0 Å². The Balaban J connectivity index is 5.60. The van der Waals surface area contributed by atoms with Gasteiger partial charge in [-0.2, -0.15) is 0 Å². The lowest BCUT2D eigenvalue weighted by Crippen LogP contribution is -2.59. The molecule has 0 saturated carbocycles. The Morgan fingerprint density at radius 1 is 0.642 bits per heavy atom. The number of aldehydes is 1. The van der Waals surface area contributed by atoms with E-state index in [9.17, 15) is 43.5 Å². The van der Waals surface area contributed by atoms with Crippen molar-refractivity contribution in [1.29, 1.82) is 0 Å². The molecule has 0 aliphatic carbocycles. The van der Waals surface area contributed by atoms with Crippen LogP contribution in [-0.2, 0) is 38.4 Å². The number of quaternary nitrogens is 1. The Kier molecular flexibility index (Phi) is 22.9. The molecule has 0 spiro atoms. The molecule has 7 amide bonds. The zero-order valence-corrected chi connectivity index (χ0v) is 32.0. The summed E-state index contributed by atoms with van der Waals surface area (Å²) in [7, 11) is 6.02. The van der Waals surface area contributed by atoms with Gasteiger partial charge in [-0.1, -0.05) is 0 Å². The second-order valence-corrected chi connectivity index (χ2v) is 14.0. The van der Waals surface area contributed by atoms with Gasteiger partial charge in [0, 0.05) is 0 Å². The minimum Gasteiger partial charge on any atom is -0.394 e. The Morgan fingerprint density at radius 2 is 1.15 bits per heavy atom. The van der Waals surface area contributed by atoms with Gasteiger partial charge in [-0.25, -0.2) is 0 Å². The minimum absolute atomic E-state index is 0.151. The highest BCUT2D eigenvalue weighted by atomic mass is 16.3. The molecule has 0 aromatic rings. The predicted octanol–water partition coefficient (Wildman–Crippen LogP) is -5.94. The second kappa shape index (κ2) is 24.9. The molecule has 0 unspecified atom stereocenters. The zero-order valence-electron chi connectivity index (χ0n) is 32.0. The molecule has 0 aromatic heterocycles. The molecule has 304 valence electrons. The van der Waals surface area contributed by atoms with E-state index < -0.39 is 103 Å². The number of carbonyl (C=O) groups excluding carboxylic acids is 8. The van der Waals surface area contributed by atoms with Crippen LogP contribution >= 0.6 is 0 Å². The van der Waals surface area contributed by atoms with Gasteiger partial charge in [-0.15, -0.1) is 0 Å². The number of amides is 7. The normalized spacial score (nSPS) is 15.3. The zero-order chi connectivity index (χ0) is 40.9. The third-order valence-corrected chi connectivity index (χ3v) is 7.64. The summed E-state index contributed by atoms with van der Waals surface area (Å²) < 4.78 is 0.663. The fourth-order valence-corrected chi connectivity index (χ4v) is 4.53. The lowest BCUT2D eigenvalue weighted by molar-refractivity contribution is -0.870. The molecule has 0 heterocycles. The molecule has 7 atom stereocenters. The van der Waals surface area contributed by atoms with Crippen LogP contribution in [0, 0.1) is 0 Å². The first-order valence-electron chi connectivity index (χ1n) is 17.6. The van der Waals surface area contributed by atoms with E-state index in [0.29, 0.717) is 36.6 Å². The number of aliphatic hydroxyl groups excluding tert-OH is 1. The van der Waals surface area contributed by atoms with Crippen molar-refractivity contribution in [2.45, 2.75) is 108 Å². The molecule has 0 bridgehead atoms. The van der Waals surface area contributed by atoms with E-state index in [4.69, 9.17) is 17.2 Å². The molecular weight excluding hydrogens is 696 g/mol. The van der Waals surface area contributed by atoms with Gasteiger partial charge < -0.3 is 68.8 Å². The van der Waals surface area contributed by atoms with Crippen LogP contribution in [0.15, 0.2) is 0 Å². The summed E-state index contributed by atoms with van der Waals surface area (Å²) in [6.07, 6.45) is 1.63. The molecular formula is C32H63N12O9+. The van der Waals surface area contributed by atoms with Gasteiger partial charge in [0.15, 0.2) is 0 Å². The van der Waals surface area contributed by atoms with E-state index in [-0.39, 0.29) is 12.8 Å². The van der Waals surface area contributed by atoms with E-state index in [1.54, 1.807) is 0 Å². The highest BCUT2D eigenvalue weighted by molar-refractivity contribution is 5.96. The Bertz CT molecular complexity index is 1230. The van der Waals surface area contributed by atoms with Gasteiger partial charge in [-0.3, -0.25) is 38.9 Å². The summed E-state index contributed by atoms with van der Waals surface area (Å²) in [6.45, 7) is 5.31. The van der Waals surface area contributed by atoms with Gasteiger partial charge in [0.05, 0.1) is 52.9 Å². The number of carbonyl (C=O) groups is 8. The molecule has 15 N–H and O–H groups in total. The molecule has 53 heavy (non-hydrogen) atoms. The fourth-order valence-electron chi connectivity index (χ4n) is 4.53. The first-order chi connectivity index (χ1) is 24.6. The van der Waals surface area contributed by atoms with Gasteiger partial charge in [0.25, 0.3) is 0 Å². The molecule has 21 heteroatoms. The third-order valence-electron chi connectivity index (χ3n) is 7.64. The van der Waals surface area contributed by atoms with Crippen LogP contribution in [0.3, 0.4) is 0 Å². The van der Waals surface area contributed by atoms with Crippen molar-refractivity contribution in [3.8, 4) is 0 Å². The number of hydrogen-bond acceptors (Lipinski definition) is 13. The first kappa shape index (κ1) is 48.7. The number of nitrogens with two attached hydrogens (primary N) is 3. The van der Waals surface area contributed by atoms with E-state index in [0.717, 1.165) is 6.54 Å². The highest BCUT2D eigenvalue weighted by Gasteiger charge is 2.31. The van der Waals surface area contributed by atoms with Crippen molar-refractivity contribution in [3.05, 3.63) is 0 Å². The highest BCUT2D eigenvalue weighted by Crippen LogP contribution is 2.07. The molecule has 0 aliphatic heterocycles. The second-order valence-electron chi connectivity index (χ2n) is 14.0. The summed E-state index contributed by atoms with van der Waals surface area (Å²) >= 11 is 0. The molecule has 0 rings (SSSR count). The maximum Gasteiger partial charge on any atom is 0.245 e. The van der Waals surface area contributed by atoms with E-state index in [1.165, 1.54) is 27.7 Å². The van der Waals surface area contributed by atoms with Crippen LogP contribution in [-0.4, -0.2) is 153 Å². The molecule has 0 fully saturated rings. The topological polar surface area (TPSA) is 331 Å². The van der Waals surface area contributed by atoms with Crippen molar-refractivity contribution in [2.75, 3.05) is 47.4 Å². The monoisotopic (exact) mass is 759 g/mol. The number of nitrogens with zero attached hydrogens (tertiary/aromatic N) is 1. The van der Waals surface area contributed by atoms with Gasteiger partial charge in [0.1, 0.15) is 42.8 Å². The maximum atomic E-state index is 13.5. The molecule has 0 aromatic carbocycles. The Hall–Kier alpha value is -4.28. The van der Waals surface area contributed by atoms with Crippen molar-refractivity contribution in [3.63, 3.8) is 0 Å². The van der Waals surface area contributed by atoms with E-state index in [1.807, 2.05) is 21.1 Å². The fraction of sp³-hybridized carbons (Fsp3) is 0.750. The molecule has 21 nitrogen and oxygen atoms in total. The van der Waals surface area contributed by atoms with Gasteiger partial charge >= 0.3 is 0 Å². The average Bonchev–Trinajstić information content (AvgIpc) is 3.07. The van der Waals surface area contributed by atoms with Crippen molar-refractivity contribution >= 4 is 47.6 Å². The largest absolute Gasteiger partial charge is 0.394 e. The van der Waals surface area contributed by atoms with Crippen molar-refractivity contribution < 1.29 is 47.9 Å². The first-order valence-corrected chi connectivity index (χ1v) is 17.6. The van der Waals surface area contributed by atoms with Crippen LogP contribution in [0.25, 0.3) is 0 Å². The molecule has 0 aliphatic rings. The SMILES string of the molecule is C[C@H](N)C(=O)N[C@@H](CCCNC(N)N)C(=O)N[C@@H](CCCC[N+](C)(C)C)C(=O)N[C@@H](CO)C(=O)N[C@@H](C)C(=O)NCC(=O)N[C@@H](C)C(=O)N[C@@H](C)C=O. The lowest BCUT2D eigenvalue weighted by Gasteiger charge is -2.27. The number of unbranched alkanes of at least 4 members (excludes halogenated alkanes) is 1. The number of aliphatic hydroxyl groups is 1. The summed E-state index contributed by atoms with van der Waals surface area (Å²) in [6, 6.07) is -7.67. The number of rotatable bonds is 26. The number of hydrogen-bond donors (Lipinski definition) is 12. The summed E-state index contributed by atoms with van der Waals surface area (Å²) in [5.41, 5.74) is 16.7. The Labute approximate surface area is 311 Å². The summed E-state index contributed by atoms with van der Waals surface area (Å²) in [5, 5.41) is 29.8.